The highest BCUT2D eigenvalue weighted by Crippen LogP contribution is 2.26. The minimum absolute atomic E-state index is 0.347. The number of benzene rings is 2. The third-order valence-corrected chi connectivity index (χ3v) is 5.84. The molecule has 2 heterocycles. The van der Waals surface area contributed by atoms with Crippen molar-refractivity contribution in [2.45, 2.75) is 6.61 Å². The fourth-order valence-electron chi connectivity index (χ4n) is 3.41. The van der Waals surface area contributed by atoms with Crippen molar-refractivity contribution in [1.29, 1.82) is 0 Å². The van der Waals surface area contributed by atoms with Crippen LogP contribution in [0.2, 0.25) is 10.0 Å². The largest absolute Gasteiger partial charge is 0.492 e. The average molecular weight is 459 g/mol. The number of hydrogen-bond acceptors (Lipinski definition) is 6. The first-order valence-corrected chi connectivity index (χ1v) is 11.0. The monoisotopic (exact) mass is 458 g/mol. The van der Waals surface area contributed by atoms with Crippen LogP contribution in [-0.2, 0) is 6.61 Å². The Balaban J connectivity index is 1.29. The second-order valence-corrected chi connectivity index (χ2v) is 8.03. The standard InChI is InChI=1S/C23H24Cl2N4O2/c24-20-7-6-18(16-21(20)25)17-31-23-22(26-8-9-27-23)29-12-10-28(11-13-29)14-15-30-19-4-2-1-3-5-19/h1-9,16H,10-15,17H2. The summed E-state index contributed by atoms with van der Waals surface area (Å²) in [6.07, 6.45) is 3.34. The predicted molar refractivity (Wildman–Crippen MR) is 123 cm³/mol. The van der Waals surface area contributed by atoms with Crippen LogP contribution in [0.1, 0.15) is 5.56 Å². The second kappa shape index (κ2) is 10.7. The molecule has 6 nitrogen and oxygen atoms in total. The van der Waals surface area contributed by atoms with E-state index in [-0.39, 0.29) is 0 Å². The van der Waals surface area contributed by atoms with Crippen LogP contribution in [-0.4, -0.2) is 54.2 Å². The summed E-state index contributed by atoms with van der Waals surface area (Å²) in [5, 5.41) is 1.03. The molecule has 2 aromatic carbocycles. The Labute approximate surface area is 192 Å². The van der Waals surface area contributed by atoms with Crippen molar-refractivity contribution in [3.05, 3.63) is 76.5 Å². The van der Waals surface area contributed by atoms with Crippen LogP contribution in [0.4, 0.5) is 5.82 Å². The molecule has 1 aliphatic rings. The van der Waals surface area contributed by atoms with Gasteiger partial charge in [0.05, 0.1) is 10.0 Å². The van der Waals surface area contributed by atoms with Gasteiger partial charge in [-0.05, 0) is 29.8 Å². The zero-order chi connectivity index (χ0) is 21.5. The summed E-state index contributed by atoms with van der Waals surface area (Å²) in [5.41, 5.74) is 0.925. The molecule has 0 radical (unpaired) electrons. The predicted octanol–water partition coefficient (Wildman–Crippen LogP) is 4.56. The van der Waals surface area contributed by atoms with E-state index in [4.69, 9.17) is 32.7 Å². The first kappa shape index (κ1) is 21.7. The molecular weight excluding hydrogens is 435 g/mol. The maximum absolute atomic E-state index is 6.10. The van der Waals surface area contributed by atoms with Gasteiger partial charge in [0.25, 0.3) is 5.88 Å². The number of piperazine rings is 1. The zero-order valence-electron chi connectivity index (χ0n) is 17.1. The first-order chi connectivity index (χ1) is 15.2. The lowest BCUT2D eigenvalue weighted by atomic mass is 10.2. The van der Waals surface area contributed by atoms with Crippen molar-refractivity contribution >= 4 is 29.0 Å². The Morgan fingerprint density at radius 1 is 0.839 bits per heavy atom. The molecule has 0 saturated carbocycles. The molecule has 1 aromatic heterocycles. The van der Waals surface area contributed by atoms with E-state index in [1.165, 1.54) is 0 Å². The Morgan fingerprint density at radius 2 is 1.61 bits per heavy atom. The van der Waals surface area contributed by atoms with E-state index < -0.39 is 0 Å². The van der Waals surface area contributed by atoms with E-state index in [1.54, 1.807) is 24.5 Å². The van der Waals surface area contributed by atoms with Crippen LogP contribution in [0.15, 0.2) is 60.9 Å². The van der Waals surface area contributed by atoms with Crippen molar-refractivity contribution < 1.29 is 9.47 Å². The molecule has 0 bridgehead atoms. The lowest BCUT2D eigenvalue weighted by Gasteiger charge is -2.35. The summed E-state index contributed by atoms with van der Waals surface area (Å²) in [5.74, 6) is 2.20. The van der Waals surface area contributed by atoms with Crippen LogP contribution in [0.5, 0.6) is 11.6 Å². The fraction of sp³-hybridized carbons (Fsp3) is 0.304. The zero-order valence-corrected chi connectivity index (χ0v) is 18.6. The highest BCUT2D eigenvalue weighted by molar-refractivity contribution is 6.42. The molecule has 0 atom stereocenters. The molecule has 0 aliphatic carbocycles. The normalized spacial score (nSPS) is 14.5. The molecule has 8 heteroatoms. The molecule has 0 spiro atoms. The topological polar surface area (TPSA) is 50.7 Å². The second-order valence-electron chi connectivity index (χ2n) is 7.21. The number of hydrogen-bond donors (Lipinski definition) is 0. The molecule has 31 heavy (non-hydrogen) atoms. The molecule has 0 N–H and O–H groups in total. The van der Waals surface area contributed by atoms with E-state index in [0.29, 0.717) is 29.1 Å². The van der Waals surface area contributed by atoms with Crippen molar-refractivity contribution in [3.63, 3.8) is 0 Å². The highest BCUT2D eigenvalue weighted by atomic mass is 35.5. The third kappa shape index (κ3) is 6.00. The fourth-order valence-corrected chi connectivity index (χ4v) is 3.73. The van der Waals surface area contributed by atoms with Crippen LogP contribution < -0.4 is 14.4 Å². The van der Waals surface area contributed by atoms with Crippen LogP contribution in [0.3, 0.4) is 0 Å². The summed E-state index contributed by atoms with van der Waals surface area (Å²) in [4.78, 5) is 13.5. The van der Waals surface area contributed by atoms with Gasteiger partial charge in [0, 0.05) is 45.1 Å². The quantitative estimate of drug-likeness (QED) is 0.492. The van der Waals surface area contributed by atoms with Crippen molar-refractivity contribution in [3.8, 4) is 11.6 Å². The first-order valence-electron chi connectivity index (χ1n) is 10.2. The number of aromatic nitrogens is 2. The molecule has 0 unspecified atom stereocenters. The number of para-hydroxylation sites is 1. The number of ether oxygens (including phenoxy) is 2. The minimum Gasteiger partial charge on any atom is -0.492 e. The number of halogens is 2. The molecule has 4 rings (SSSR count). The summed E-state index contributed by atoms with van der Waals surface area (Å²) >= 11 is 12.1. The maximum Gasteiger partial charge on any atom is 0.257 e. The average Bonchev–Trinajstić information content (AvgIpc) is 2.81. The van der Waals surface area contributed by atoms with E-state index in [0.717, 1.165) is 49.9 Å². The van der Waals surface area contributed by atoms with Crippen LogP contribution >= 0.6 is 23.2 Å². The Kier molecular flexibility index (Phi) is 7.46. The number of rotatable bonds is 8. The molecule has 1 saturated heterocycles. The van der Waals surface area contributed by atoms with E-state index in [1.807, 2.05) is 36.4 Å². The smallest absolute Gasteiger partial charge is 0.257 e. The Morgan fingerprint density at radius 3 is 2.39 bits per heavy atom. The van der Waals surface area contributed by atoms with Crippen molar-refractivity contribution in [1.82, 2.24) is 14.9 Å². The van der Waals surface area contributed by atoms with Gasteiger partial charge >= 0.3 is 0 Å². The van der Waals surface area contributed by atoms with Crippen molar-refractivity contribution in [2.75, 3.05) is 44.2 Å². The number of nitrogens with zero attached hydrogens (tertiary/aromatic N) is 4. The van der Waals surface area contributed by atoms with Gasteiger partial charge in [-0.15, -0.1) is 0 Å². The Hall–Kier alpha value is -2.54. The van der Waals surface area contributed by atoms with Crippen LogP contribution in [0.25, 0.3) is 0 Å². The van der Waals surface area contributed by atoms with Gasteiger partial charge in [-0.3, -0.25) is 4.90 Å². The summed E-state index contributed by atoms with van der Waals surface area (Å²) in [6.45, 7) is 5.48. The summed E-state index contributed by atoms with van der Waals surface area (Å²) in [6, 6.07) is 15.4. The van der Waals surface area contributed by atoms with Gasteiger partial charge in [-0.25, -0.2) is 9.97 Å². The van der Waals surface area contributed by atoms with E-state index in [2.05, 4.69) is 19.8 Å². The minimum atomic E-state index is 0.347. The van der Waals surface area contributed by atoms with Gasteiger partial charge in [-0.2, -0.15) is 0 Å². The third-order valence-electron chi connectivity index (χ3n) is 5.10. The molecule has 1 aliphatic heterocycles. The maximum atomic E-state index is 6.10. The lowest BCUT2D eigenvalue weighted by Crippen LogP contribution is -2.48. The lowest BCUT2D eigenvalue weighted by molar-refractivity contribution is 0.199. The molecule has 3 aromatic rings. The van der Waals surface area contributed by atoms with Crippen molar-refractivity contribution in [2.24, 2.45) is 0 Å². The molecule has 162 valence electrons. The highest BCUT2D eigenvalue weighted by Gasteiger charge is 2.21. The SMILES string of the molecule is Clc1ccc(COc2nccnc2N2CCN(CCOc3ccccc3)CC2)cc1Cl. The summed E-state index contributed by atoms with van der Waals surface area (Å²) < 4.78 is 11.8. The molecule has 0 amide bonds. The Bertz CT molecular complexity index is 982. The van der Waals surface area contributed by atoms with Gasteiger partial charge in [-0.1, -0.05) is 47.5 Å². The van der Waals surface area contributed by atoms with Gasteiger partial charge in [0.15, 0.2) is 5.82 Å². The van der Waals surface area contributed by atoms with Gasteiger partial charge in [0.2, 0.25) is 0 Å². The van der Waals surface area contributed by atoms with Crippen LogP contribution in [0, 0.1) is 0 Å². The van der Waals surface area contributed by atoms with Gasteiger partial charge < -0.3 is 14.4 Å². The molecular formula is C23H24Cl2N4O2. The van der Waals surface area contributed by atoms with E-state index in [9.17, 15) is 0 Å². The van der Waals surface area contributed by atoms with E-state index >= 15 is 0 Å². The summed E-state index contributed by atoms with van der Waals surface area (Å²) in [7, 11) is 0. The molecule has 1 fully saturated rings. The van der Waals surface area contributed by atoms with Gasteiger partial charge in [0.1, 0.15) is 19.0 Å². The number of anilines is 1.